The fourth-order valence-corrected chi connectivity index (χ4v) is 3.72. The van der Waals surface area contributed by atoms with Crippen LogP contribution in [0.15, 0.2) is 77.7 Å². The number of hydrogen-bond donors (Lipinski definition) is 3. The molecule has 3 N–H and O–H groups in total. The van der Waals surface area contributed by atoms with Crippen molar-refractivity contribution < 1.29 is 18.0 Å². The lowest BCUT2D eigenvalue weighted by atomic mass is 10.2. The van der Waals surface area contributed by atoms with E-state index in [-0.39, 0.29) is 16.7 Å². The molecule has 0 unspecified atom stereocenters. The van der Waals surface area contributed by atoms with Gasteiger partial charge in [-0.2, -0.15) is 0 Å². The number of aryl methyl sites for hydroxylation is 1. The lowest BCUT2D eigenvalue weighted by Crippen LogP contribution is -2.14. The van der Waals surface area contributed by atoms with E-state index in [1.165, 1.54) is 31.2 Å². The summed E-state index contributed by atoms with van der Waals surface area (Å²) in [6.45, 7) is 3.32. The number of nitrogens with one attached hydrogen (secondary N) is 3. The van der Waals surface area contributed by atoms with Gasteiger partial charge in [0.1, 0.15) is 0 Å². The molecular formula is C22H21N3O4S. The quantitative estimate of drug-likeness (QED) is 0.557. The molecule has 3 aromatic carbocycles. The molecule has 2 amide bonds. The molecule has 0 saturated heterocycles. The Morgan fingerprint density at radius 2 is 1.20 bits per heavy atom. The van der Waals surface area contributed by atoms with Crippen LogP contribution in [-0.2, 0) is 14.8 Å². The zero-order valence-corrected chi connectivity index (χ0v) is 17.3. The number of rotatable bonds is 6. The summed E-state index contributed by atoms with van der Waals surface area (Å²) in [5, 5.41) is 5.34. The number of benzene rings is 3. The van der Waals surface area contributed by atoms with Crippen molar-refractivity contribution >= 4 is 38.9 Å². The molecular weight excluding hydrogens is 402 g/mol. The van der Waals surface area contributed by atoms with E-state index in [2.05, 4.69) is 15.4 Å². The molecule has 0 aliphatic rings. The molecule has 154 valence electrons. The van der Waals surface area contributed by atoms with Gasteiger partial charge in [0.15, 0.2) is 0 Å². The van der Waals surface area contributed by atoms with E-state index < -0.39 is 10.0 Å². The van der Waals surface area contributed by atoms with Crippen LogP contribution in [-0.4, -0.2) is 20.2 Å². The second-order valence-corrected chi connectivity index (χ2v) is 8.39. The molecule has 3 aromatic rings. The summed E-state index contributed by atoms with van der Waals surface area (Å²) in [5.74, 6) is -0.545. The van der Waals surface area contributed by atoms with E-state index in [1.807, 2.05) is 19.1 Å². The summed E-state index contributed by atoms with van der Waals surface area (Å²) < 4.78 is 27.6. The summed E-state index contributed by atoms with van der Waals surface area (Å²) in [5.41, 5.74) is 2.96. The minimum absolute atomic E-state index is 0.0840. The normalized spacial score (nSPS) is 10.9. The smallest absolute Gasteiger partial charge is 0.261 e. The molecule has 0 aromatic heterocycles. The van der Waals surface area contributed by atoms with E-state index in [0.29, 0.717) is 22.6 Å². The zero-order valence-electron chi connectivity index (χ0n) is 16.5. The standard InChI is InChI=1S/C22H21N3O4S/c1-15-3-7-20(8-4-15)25-30(28,29)21-13-11-19(12-14-21)24-22(27)17-5-9-18(10-6-17)23-16(2)26/h3-14,25H,1-2H3,(H,23,26)(H,24,27). The first kappa shape index (κ1) is 21.1. The number of carbonyl (C=O) groups is 2. The molecule has 8 heteroatoms. The van der Waals surface area contributed by atoms with E-state index >= 15 is 0 Å². The number of carbonyl (C=O) groups excluding carboxylic acids is 2. The number of sulfonamides is 1. The fourth-order valence-electron chi connectivity index (χ4n) is 2.66. The van der Waals surface area contributed by atoms with Crippen LogP contribution >= 0.6 is 0 Å². The average Bonchev–Trinajstić information content (AvgIpc) is 2.70. The number of anilines is 3. The Hall–Kier alpha value is -3.65. The van der Waals surface area contributed by atoms with Gasteiger partial charge in [-0.1, -0.05) is 17.7 Å². The first-order valence-electron chi connectivity index (χ1n) is 9.11. The van der Waals surface area contributed by atoms with E-state index in [0.717, 1.165) is 5.56 Å². The van der Waals surface area contributed by atoms with Crippen molar-refractivity contribution in [3.05, 3.63) is 83.9 Å². The summed E-state index contributed by atoms with van der Waals surface area (Å²) >= 11 is 0. The van der Waals surface area contributed by atoms with Crippen LogP contribution in [0.3, 0.4) is 0 Å². The maximum absolute atomic E-state index is 12.5. The Bertz CT molecular complexity index is 1150. The highest BCUT2D eigenvalue weighted by molar-refractivity contribution is 7.92. The molecule has 0 radical (unpaired) electrons. The van der Waals surface area contributed by atoms with Crippen LogP contribution in [0.25, 0.3) is 0 Å². The second-order valence-electron chi connectivity index (χ2n) is 6.71. The molecule has 0 atom stereocenters. The second kappa shape index (κ2) is 8.79. The highest BCUT2D eigenvalue weighted by Gasteiger charge is 2.14. The Morgan fingerprint density at radius 1 is 0.700 bits per heavy atom. The van der Waals surface area contributed by atoms with Gasteiger partial charge in [0, 0.05) is 29.5 Å². The van der Waals surface area contributed by atoms with Crippen LogP contribution < -0.4 is 15.4 Å². The summed E-state index contributed by atoms with van der Waals surface area (Å²) in [6, 6.07) is 19.3. The predicted molar refractivity (Wildman–Crippen MR) is 117 cm³/mol. The van der Waals surface area contributed by atoms with E-state index in [1.54, 1.807) is 36.4 Å². The molecule has 0 saturated carbocycles. The average molecular weight is 423 g/mol. The van der Waals surface area contributed by atoms with Crippen molar-refractivity contribution in [2.45, 2.75) is 18.7 Å². The van der Waals surface area contributed by atoms with Crippen molar-refractivity contribution in [2.24, 2.45) is 0 Å². The third-order valence-electron chi connectivity index (χ3n) is 4.19. The molecule has 7 nitrogen and oxygen atoms in total. The van der Waals surface area contributed by atoms with Crippen molar-refractivity contribution in [3.8, 4) is 0 Å². The summed E-state index contributed by atoms with van der Waals surface area (Å²) in [6.07, 6.45) is 0. The van der Waals surface area contributed by atoms with Gasteiger partial charge < -0.3 is 10.6 Å². The van der Waals surface area contributed by atoms with Gasteiger partial charge in [-0.25, -0.2) is 8.42 Å². The van der Waals surface area contributed by atoms with Gasteiger partial charge in [-0.3, -0.25) is 14.3 Å². The molecule has 30 heavy (non-hydrogen) atoms. The number of amides is 2. The topological polar surface area (TPSA) is 104 Å². The minimum Gasteiger partial charge on any atom is -0.326 e. The maximum atomic E-state index is 12.5. The van der Waals surface area contributed by atoms with Gasteiger partial charge in [0.05, 0.1) is 4.90 Å². The van der Waals surface area contributed by atoms with Crippen LogP contribution in [0.4, 0.5) is 17.1 Å². The van der Waals surface area contributed by atoms with E-state index in [4.69, 9.17) is 0 Å². The molecule has 0 heterocycles. The van der Waals surface area contributed by atoms with Crippen LogP contribution in [0.2, 0.25) is 0 Å². The van der Waals surface area contributed by atoms with Crippen molar-refractivity contribution in [1.29, 1.82) is 0 Å². The summed E-state index contributed by atoms with van der Waals surface area (Å²) in [7, 11) is -3.74. The van der Waals surface area contributed by atoms with Crippen molar-refractivity contribution in [3.63, 3.8) is 0 Å². The molecule has 0 fully saturated rings. The predicted octanol–water partition coefficient (Wildman–Crippen LogP) is 4.01. The maximum Gasteiger partial charge on any atom is 0.261 e. The molecule has 0 spiro atoms. The Morgan fingerprint density at radius 3 is 1.77 bits per heavy atom. The zero-order chi connectivity index (χ0) is 21.7. The Balaban J connectivity index is 1.66. The van der Waals surface area contributed by atoms with Crippen molar-refractivity contribution in [2.75, 3.05) is 15.4 Å². The molecule has 0 aliphatic carbocycles. The summed E-state index contributed by atoms with van der Waals surface area (Å²) in [4.78, 5) is 23.5. The minimum atomic E-state index is -3.74. The first-order chi connectivity index (χ1) is 14.2. The first-order valence-corrected chi connectivity index (χ1v) is 10.6. The number of hydrogen-bond acceptors (Lipinski definition) is 4. The third kappa shape index (κ3) is 5.45. The Labute approximate surface area is 175 Å². The van der Waals surface area contributed by atoms with Gasteiger partial charge in [-0.05, 0) is 67.6 Å². The lowest BCUT2D eigenvalue weighted by Gasteiger charge is -2.10. The van der Waals surface area contributed by atoms with Gasteiger partial charge in [0.2, 0.25) is 5.91 Å². The van der Waals surface area contributed by atoms with Crippen molar-refractivity contribution in [1.82, 2.24) is 0 Å². The van der Waals surface area contributed by atoms with Gasteiger partial charge in [-0.15, -0.1) is 0 Å². The monoisotopic (exact) mass is 423 g/mol. The third-order valence-corrected chi connectivity index (χ3v) is 5.59. The molecule has 0 bridgehead atoms. The lowest BCUT2D eigenvalue weighted by molar-refractivity contribution is -0.114. The van der Waals surface area contributed by atoms with Gasteiger partial charge in [0.25, 0.3) is 15.9 Å². The van der Waals surface area contributed by atoms with E-state index in [9.17, 15) is 18.0 Å². The molecule has 0 aliphatic heterocycles. The highest BCUT2D eigenvalue weighted by atomic mass is 32.2. The van der Waals surface area contributed by atoms with Crippen LogP contribution in [0, 0.1) is 6.92 Å². The highest BCUT2D eigenvalue weighted by Crippen LogP contribution is 2.19. The molecule has 3 rings (SSSR count). The van der Waals surface area contributed by atoms with Gasteiger partial charge >= 0.3 is 0 Å². The fraction of sp³-hybridized carbons (Fsp3) is 0.0909. The van der Waals surface area contributed by atoms with Crippen LogP contribution in [0.1, 0.15) is 22.8 Å². The largest absolute Gasteiger partial charge is 0.326 e. The van der Waals surface area contributed by atoms with Crippen LogP contribution in [0.5, 0.6) is 0 Å². The Kier molecular flexibility index (Phi) is 6.17. The SMILES string of the molecule is CC(=O)Nc1ccc(C(=O)Nc2ccc(S(=O)(=O)Nc3ccc(C)cc3)cc2)cc1.